The third-order valence-corrected chi connectivity index (χ3v) is 4.68. The van der Waals surface area contributed by atoms with Crippen LogP contribution in [0.2, 0.25) is 5.02 Å². The number of anilines is 1. The van der Waals surface area contributed by atoms with Gasteiger partial charge < -0.3 is 10.2 Å². The first-order valence-corrected chi connectivity index (χ1v) is 9.03. The number of benzene rings is 2. The van der Waals surface area contributed by atoms with Crippen LogP contribution < -0.4 is 5.32 Å². The average molecular weight is 372 g/mol. The van der Waals surface area contributed by atoms with E-state index < -0.39 is 0 Å². The highest BCUT2D eigenvalue weighted by atomic mass is 35.5. The number of piperazine rings is 1. The predicted octanol–water partition coefficient (Wildman–Crippen LogP) is 3.26. The quantitative estimate of drug-likeness (QED) is 0.897. The third kappa shape index (κ3) is 4.84. The zero-order valence-corrected chi connectivity index (χ0v) is 15.5. The van der Waals surface area contributed by atoms with E-state index in [-0.39, 0.29) is 11.8 Å². The molecule has 2 aromatic rings. The monoisotopic (exact) mass is 371 g/mol. The summed E-state index contributed by atoms with van der Waals surface area (Å²) in [5.41, 5.74) is 2.56. The number of halogens is 1. The van der Waals surface area contributed by atoms with Gasteiger partial charge in [-0.05, 0) is 42.0 Å². The zero-order valence-electron chi connectivity index (χ0n) is 14.7. The zero-order chi connectivity index (χ0) is 18.5. The van der Waals surface area contributed by atoms with Gasteiger partial charge >= 0.3 is 0 Å². The van der Waals surface area contributed by atoms with Gasteiger partial charge in [0, 0.05) is 55.9 Å². The van der Waals surface area contributed by atoms with Crippen LogP contribution in [0.3, 0.4) is 0 Å². The van der Waals surface area contributed by atoms with Crippen LogP contribution in [0.25, 0.3) is 0 Å². The molecular formula is C20H22ClN3O2. The van der Waals surface area contributed by atoms with E-state index in [9.17, 15) is 9.59 Å². The molecule has 136 valence electrons. The van der Waals surface area contributed by atoms with Crippen LogP contribution in [0.4, 0.5) is 5.69 Å². The summed E-state index contributed by atoms with van der Waals surface area (Å²) in [5.74, 6) is -0.0913. The molecule has 5 nitrogen and oxygen atoms in total. The molecule has 1 aliphatic heterocycles. The Morgan fingerprint density at radius 1 is 0.962 bits per heavy atom. The summed E-state index contributed by atoms with van der Waals surface area (Å²) < 4.78 is 0. The van der Waals surface area contributed by atoms with Gasteiger partial charge in [-0.25, -0.2) is 0 Å². The molecule has 6 heteroatoms. The van der Waals surface area contributed by atoms with Crippen molar-refractivity contribution in [3.63, 3.8) is 0 Å². The lowest BCUT2D eigenvalue weighted by molar-refractivity contribution is -0.114. The summed E-state index contributed by atoms with van der Waals surface area (Å²) in [6, 6.07) is 14.9. The first kappa shape index (κ1) is 18.4. The highest BCUT2D eigenvalue weighted by molar-refractivity contribution is 6.30. The number of amides is 2. The van der Waals surface area contributed by atoms with Crippen molar-refractivity contribution in [1.29, 1.82) is 0 Å². The Bertz CT molecular complexity index is 767. The van der Waals surface area contributed by atoms with Gasteiger partial charge in [0.25, 0.3) is 5.91 Å². The molecule has 1 saturated heterocycles. The lowest BCUT2D eigenvalue weighted by Crippen LogP contribution is -2.48. The lowest BCUT2D eigenvalue weighted by Gasteiger charge is -2.34. The van der Waals surface area contributed by atoms with Crippen LogP contribution in [0.15, 0.2) is 48.5 Å². The fourth-order valence-electron chi connectivity index (χ4n) is 3.04. The van der Waals surface area contributed by atoms with Crippen molar-refractivity contribution in [3.8, 4) is 0 Å². The molecule has 0 unspecified atom stereocenters. The minimum atomic E-state index is -0.124. The second kappa shape index (κ2) is 8.34. The van der Waals surface area contributed by atoms with Crippen molar-refractivity contribution in [2.24, 2.45) is 0 Å². The number of rotatable bonds is 4. The summed E-state index contributed by atoms with van der Waals surface area (Å²) in [7, 11) is 0. The molecule has 0 atom stereocenters. The van der Waals surface area contributed by atoms with E-state index in [2.05, 4.69) is 10.2 Å². The molecule has 0 spiro atoms. The Hall–Kier alpha value is -2.37. The Kier molecular flexibility index (Phi) is 5.91. The lowest BCUT2D eigenvalue weighted by atomic mass is 10.1. The van der Waals surface area contributed by atoms with Crippen molar-refractivity contribution in [2.75, 3.05) is 31.5 Å². The minimum absolute atomic E-state index is 0.0329. The highest BCUT2D eigenvalue weighted by Gasteiger charge is 2.22. The Labute approximate surface area is 158 Å². The third-order valence-electron chi connectivity index (χ3n) is 4.43. The summed E-state index contributed by atoms with van der Waals surface area (Å²) in [5, 5.41) is 3.45. The van der Waals surface area contributed by atoms with E-state index in [1.54, 1.807) is 24.3 Å². The van der Waals surface area contributed by atoms with Crippen molar-refractivity contribution >= 4 is 29.1 Å². The van der Waals surface area contributed by atoms with Crippen LogP contribution in [0.5, 0.6) is 0 Å². The van der Waals surface area contributed by atoms with Gasteiger partial charge in [0.1, 0.15) is 0 Å². The molecule has 1 fully saturated rings. The summed E-state index contributed by atoms with van der Waals surface area (Å²) in [6.07, 6.45) is 0. The van der Waals surface area contributed by atoms with Crippen LogP contribution in [0.1, 0.15) is 22.8 Å². The number of hydrogen-bond acceptors (Lipinski definition) is 3. The average Bonchev–Trinajstić information content (AvgIpc) is 2.64. The molecule has 26 heavy (non-hydrogen) atoms. The van der Waals surface area contributed by atoms with Gasteiger partial charge in [-0.15, -0.1) is 0 Å². The second-order valence-electron chi connectivity index (χ2n) is 6.45. The van der Waals surface area contributed by atoms with E-state index >= 15 is 0 Å². The maximum absolute atomic E-state index is 12.6. The van der Waals surface area contributed by atoms with Crippen LogP contribution in [0, 0.1) is 0 Å². The highest BCUT2D eigenvalue weighted by Crippen LogP contribution is 2.15. The van der Waals surface area contributed by atoms with Gasteiger partial charge in [-0.1, -0.05) is 23.7 Å². The molecule has 1 heterocycles. The minimum Gasteiger partial charge on any atom is -0.336 e. The summed E-state index contributed by atoms with van der Waals surface area (Å²) in [6.45, 7) is 5.43. The number of hydrogen-bond donors (Lipinski definition) is 1. The van der Waals surface area contributed by atoms with E-state index in [0.717, 1.165) is 24.7 Å². The maximum atomic E-state index is 12.6. The smallest absolute Gasteiger partial charge is 0.253 e. The number of nitrogens with zero attached hydrogens (tertiary/aromatic N) is 2. The van der Waals surface area contributed by atoms with Crippen LogP contribution >= 0.6 is 11.6 Å². The Morgan fingerprint density at radius 2 is 1.58 bits per heavy atom. The molecule has 1 N–H and O–H groups in total. The fraction of sp³-hybridized carbons (Fsp3) is 0.300. The van der Waals surface area contributed by atoms with Gasteiger partial charge in [0.15, 0.2) is 0 Å². The molecule has 0 bridgehead atoms. The second-order valence-corrected chi connectivity index (χ2v) is 6.89. The topological polar surface area (TPSA) is 52.7 Å². The maximum Gasteiger partial charge on any atom is 0.253 e. The normalized spacial score (nSPS) is 14.9. The molecule has 3 rings (SSSR count). The van der Waals surface area contributed by atoms with E-state index in [0.29, 0.717) is 24.3 Å². The molecule has 2 amide bonds. The standard InChI is InChI=1S/C20H22ClN3O2/c1-15(25)22-19-8-4-17(5-9-19)20(26)24-12-10-23(11-13-24)14-16-2-6-18(21)7-3-16/h2-9H,10-14H2,1H3,(H,22,25). The van der Waals surface area contributed by atoms with Crippen LogP contribution in [-0.4, -0.2) is 47.8 Å². The van der Waals surface area contributed by atoms with Crippen molar-refractivity contribution in [2.45, 2.75) is 13.5 Å². The number of nitrogens with one attached hydrogen (secondary N) is 1. The summed E-state index contributed by atoms with van der Waals surface area (Å²) >= 11 is 5.92. The van der Waals surface area contributed by atoms with E-state index in [1.807, 2.05) is 29.2 Å². The van der Waals surface area contributed by atoms with Crippen LogP contribution in [-0.2, 0) is 11.3 Å². The molecule has 0 aromatic heterocycles. The molecule has 0 saturated carbocycles. The molecule has 1 aliphatic rings. The van der Waals surface area contributed by atoms with Gasteiger partial charge in [-0.3, -0.25) is 14.5 Å². The molecule has 0 aliphatic carbocycles. The largest absolute Gasteiger partial charge is 0.336 e. The summed E-state index contributed by atoms with van der Waals surface area (Å²) in [4.78, 5) is 27.9. The number of carbonyl (C=O) groups excluding carboxylic acids is 2. The van der Waals surface area contributed by atoms with Crippen molar-refractivity contribution < 1.29 is 9.59 Å². The Balaban J connectivity index is 1.53. The van der Waals surface area contributed by atoms with E-state index in [1.165, 1.54) is 12.5 Å². The van der Waals surface area contributed by atoms with Crippen molar-refractivity contribution in [3.05, 3.63) is 64.7 Å². The SMILES string of the molecule is CC(=O)Nc1ccc(C(=O)N2CCN(Cc3ccc(Cl)cc3)CC2)cc1. The Morgan fingerprint density at radius 3 is 2.15 bits per heavy atom. The van der Waals surface area contributed by atoms with Crippen molar-refractivity contribution in [1.82, 2.24) is 9.80 Å². The first-order valence-electron chi connectivity index (χ1n) is 8.65. The van der Waals surface area contributed by atoms with Gasteiger partial charge in [-0.2, -0.15) is 0 Å². The van der Waals surface area contributed by atoms with Gasteiger partial charge in [0.05, 0.1) is 0 Å². The number of carbonyl (C=O) groups is 2. The first-order chi connectivity index (χ1) is 12.5. The molecule has 2 aromatic carbocycles. The van der Waals surface area contributed by atoms with E-state index in [4.69, 9.17) is 11.6 Å². The fourth-order valence-corrected chi connectivity index (χ4v) is 3.17. The molecular weight excluding hydrogens is 350 g/mol. The molecule has 0 radical (unpaired) electrons. The predicted molar refractivity (Wildman–Crippen MR) is 103 cm³/mol. The van der Waals surface area contributed by atoms with Gasteiger partial charge in [0.2, 0.25) is 5.91 Å².